The predicted octanol–water partition coefficient (Wildman–Crippen LogP) is 0.655. The fourth-order valence-electron chi connectivity index (χ4n) is 0.940. The van der Waals surface area contributed by atoms with Gasteiger partial charge >= 0.3 is 0 Å². The van der Waals surface area contributed by atoms with E-state index in [4.69, 9.17) is 0 Å². The van der Waals surface area contributed by atoms with Crippen molar-refractivity contribution < 1.29 is 8.42 Å². The van der Waals surface area contributed by atoms with Crippen LogP contribution in [-0.4, -0.2) is 44.8 Å². The summed E-state index contributed by atoms with van der Waals surface area (Å²) >= 11 is 1.63. The molecule has 0 amide bonds. The average molecular weight is 254 g/mol. The summed E-state index contributed by atoms with van der Waals surface area (Å²) in [5.74, 6) is 0.809. The Hall–Kier alpha value is 0.220. The molecule has 0 aliphatic carbocycles. The van der Waals surface area contributed by atoms with Gasteiger partial charge in [0.2, 0.25) is 10.0 Å². The molecule has 0 heterocycles. The summed E-state index contributed by atoms with van der Waals surface area (Å²) in [7, 11) is -3.15. The number of rotatable bonds is 8. The Balaban J connectivity index is 3.97. The molecule has 0 radical (unpaired) electrons. The van der Waals surface area contributed by atoms with Crippen molar-refractivity contribution in [2.24, 2.45) is 0 Å². The lowest BCUT2D eigenvalue weighted by Crippen LogP contribution is -2.41. The number of hydrogen-bond donors (Lipinski definition) is 2. The van der Waals surface area contributed by atoms with Gasteiger partial charge in [0.25, 0.3) is 0 Å². The Morgan fingerprint density at radius 1 is 1.27 bits per heavy atom. The van der Waals surface area contributed by atoms with Crippen molar-refractivity contribution >= 4 is 21.8 Å². The third kappa shape index (κ3) is 7.16. The van der Waals surface area contributed by atoms with Crippen LogP contribution in [0.3, 0.4) is 0 Å². The summed E-state index contributed by atoms with van der Waals surface area (Å²) in [6.07, 6.45) is 1.96. The van der Waals surface area contributed by atoms with Gasteiger partial charge in [-0.25, -0.2) is 13.1 Å². The lowest BCUT2D eigenvalue weighted by molar-refractivity contribution is 0.542. The standard InChI is InChI=1S/C9H22N2O2S2/c1-8(2)10-7-9(3)15(12,13)11-5-6-14-4/h8-11H,5-7H2,1-4H3. The summed E-state index contributed by atoms with van der Waals surface area (Å²) in [6, 6.07) is 0.314. The Labute approximate surface area is 97.6 Å². The van der Waals surface area contributed by atoms with Crippen LogP contribution in [0, 0.1) is 0 Å². The van der Waals surface area contributed by atoms with Crippen molar-refractivity contribution in [2.45, 2.75) is 32.1 Å². The minimum Gasteiger partial charge on any atom is -0.313 e. The van der Waals surface area contributed by atoms with Gasteiger partial charge < -0.3 is 5.32 Å². The van der Waals surface area contributed by atoms with Crippen LogP contribution in [0.5, 0.6) is 0 Å². The van der Waals surface area contributed by atoms with Crippen molar-refractivity contribution in [3.63, 3.8) is 0 Å². The first-order valence-corrected chi connectivity index (χ1v) is 8.05. The molecule has 0 fully saturated rings. The first-order valence-electron chi connectivity index (χ1n) is 5.11. The lowest BCUT2D eigenvalue weighted by atomic mass is 10.3. The maximum atomic E-state index is 11.7. The van der Waals surface area contributed by atoms with E-state index in [1.807, 2.05) is 20.1 Å². The van der Waals surface area contributed by atoms with Gasteiger partial charge in [0.05, 0.1) is 5.25 Å². The largest absolute Gasteiger partial charge is 0.313 e. The molecule has 0 bridgehead atoms. The van der Waals surface area contributed by atoms with E-state index in [9.17, 15) is 8.42 Å². The van der Waals surface area contributed by atoms with Gasteiger partial charge in [0.1, 0.15) is 0 Å². The van der Waals surface area contributed by atoms with E-state index < -0.39 is 10.0 Å². The molecule has 0 saturated carbocycles. The highest BCUT2D eigenvalue weighted by molar-refractivity contribution is 7.98. The monoisotopic (exact) mass is 254 g/mol. The Morgan fingerprint density at radius 2 is 1.87 bits per heavy atom. The molecular formula is C9H22N2O2S2. The molecule has 0 aromatic rings. The van der Waals surface area contributed by atoms with Crippen LogP contribution in [0.1, 0.15) is 20.8 Å². The highest BCUT2D eigenvalue weighted by Crippen LogP contribution is 1.98. The molecule has 0 aliphatic heterocycles. The Bertz CT molecular complexity index is 253. The van der Waals surface area contributed by atoms with Crippen LogP contribution in [0.2, 0.25) is 0 Å². The fourth-order valence-corrected chi connectivity index (χ4v) is 2.36. The fraction of sp³-hybridized carbons (Fsp3) is 1.00. The second-order valence-corrected chi connectivity index (χ2v) is 6.97. The first-order chi connectivity index (χ1) is 6.90. The smallest absolute Gasteiger partial charge is 0.215 e. The van der Waals surface area contributed by atoms with Crippen LogP contribution >= 0.6 is 11.8 Å². The predicted molar refractivity (Wildman–Crippen MR) is 67.9 cm³/mol. The summed E-state index contributed by atoms with van der Waals surface area (Å²) in [5.41, 5.74) is 0. The minimum absolute atomic E-state index is 0.314. The number of sulfonamides is 1. The molecule has 0 aliphatic rings. The number of thioether (sulfide) groups is 1. The summed E-state index contributed by atoms with van der Waals surface area (Å²) in [4.78, 5) is 0. The minimum atomic E-state index is -3.15. The lowest BCUT2D eigenvalue weighted by Gasteiger charge is -2.16. The van der Waals surface area contributed by atoms with Crippen molar-refractivity contribution in [1.82, 2.24) is 10.0 Å². The van der Waals surface area contributed by atoms with Crippen LogP contribution < -0.4 is 10.0 Å². The first kappa shape index (κ1) is 15.2. The SMILES string of the molecule is CSCCNS(=O)(=O)C(C)CNC(C)C. The molecule has 0 rings (SSSR count). The summed E-state index contributed by atoms with van der Waals surface area (Å²) in [6.45, 7) is 6.72. The number of nitrogens with one attached hydrogen (secondary N) is 2. The average Bonchev–Trinajstić information content (AvgIpc) is 2.14. The van der Waals surface area contributed by atoms with Crippen molar-refractivity contribution in [2.75, 3.05) is 25.1 Å². The zero-order valence-electron chi connectivity index (χ0n) is 9.91. The highest BCUT2D eigenvalue weighted by atomic mass is 32.2. The van der Waals surface area contributed by atoms with E-state index in [2.05, 4.69) is 10.0 Å². The van der Waals surface area contributed by atoms with E-state index in [-0.39, 0.29) is 5.25 Å². The van der Waals surface area contributed by atoms with Gasteiger partial charge in [-0.2, -0.15) is 11.8 Å². The van der Waals surface area contributed by atoms with E-state index in [1.54, 1.807) is 18.7 Å². The normalized spacial score (nSPS) is 14.5. The summed E-state index contributed by atoms with van der Waals surface area (Å²) < 4.78 is 25.9. The third-order valence-electron chi connectivity index (χ3n) is 1.95. The maximum Gasteiger partial charge on any atom is 0.215 e. The quantitative estimate of drug-likeness (QED) is 0.625. The Kier molecular flexibility index (Phi) is 7.60. The third-order valence-corrected chi connectivity index (χ3v) is 4.40. The Morgan fingerprint density at radius 3 is 2.33 bits per heavy atom. The van der Waals surface area contributed by atoms with E-state index >= 15 is 0 Å². The zero-order chi connectivity index (χ0) is 11.9. The van der Waals surface area contributed by atoms with Crippen LogP contribution in [0.15, 0.2) is 0 Å². The van der Waals surface area contributed by atoms with Crippen LogP contribution in [0.4, 0.5) is 0 Å². The second-order valence-electron chi connectivity index (χ2n) is 3.81. The zero-order valence-corrected chi connectivity index (χ0v) is 11.5. The summed E-state index contributed by atoms with van der Waals surface area (Å²) in [5, 5.41) is 2.73. The topological polar surface area (TPSA) is 58.2 Å². The molecule has 0 aromatic carbocycles. The highest BCUT2D eigenvalue weighted by Gasteiger charge is 2.19. The molecule has 92 valence electrons. The second kappa shape index (κ2) is 7.49. The van der Waals surface area contributed by atoms with E-state index in [1.165, 1.54) is 0 Å². The molecule has 0 spiro atoms. The van der Waals surface area contributed by atoms with Crippen LogP contribution in [0.25, 0.3) is 0 Å². The molecule has 0 aromatic heterocycles. The molecule has 15 heavy (non-hydrogen) atoms. The van der Waals surface area contributed by atoms with E-state index in [0.29, 0.717) is 19.1 Å². The van der Waals surface area contributed by atoms with Crippen molar-refractivity contribution in [1.29, 1.82) is 0 Å². The van der Waals surface area contributed by atoms with Gasteiger partial charge in [0, 0.05) is 24.9 Å². The molecule has 6 heteroatoms. The van der Waals surface area contributed by atoms with Gasteiger partial charge in [-0.05, 0) is 13.2 Å². The van der Waals surface area contributed by atoms with Gasteiger partial charge in [-0.15, -0.1) is 0 Å². The molecule has 1 atom stereocenters. The molecule has 2 N–H and O–H groups in total. The molecule has 4 nitrogen and oxygen atoms in total. The molecule has 0 saturated heterocycles. The van der Waals surface area contributed by atoms with Crippen molar-refractivity contribution in [3.8, 4) is 0 Å². The van der Waals surface area contributed by atoms with E-state index in [0.717, 1.165) is 5.75 Å². The molecular weight excluding hydrogens is 232 g/mol. The van der Waals surface area contributed by atoms with Crippen LogP contribution in [-0.2, 0) is 10.0 Å². The van der Waals surface area contributed by atoms with Gasteiger partial charge in [-0.1, -0.05) is 13.8 Å². The van der Waals surface area contributed by atoms with Crippen molar-refractivity contribution in [3.05, 3.63) is 0 Å². The number of hydrogen-bond acceptors (Lipinski definition) is 4. The maximum absolute atomic E-state index is 11.7. The van der Waals surface area contributed by atoms with Gasteiger partial charge in [-0.3, -0.25) is 0 Å². The molecule has 1 unspecified atom stereocenters. The van der Waals surface area contributed by atoms with Gasteiger partial charge in [0.15, 0.2) is 0 Å².